The molecule has 100 valence electrons. The third kappa shape index (κ3) is 2.49. The van der Waals surface area contributed by atoms with Crippen molar-refractivity contribution in [1.82, 2.24) is 9.88 Å². The highest BCUT2D eigenvalue weighted by molar-refractivity contribution is 5.54. The summed E-state index contributed by atoms with van der Waals surface area (Å²) in [6.07, 6.45) is 1.91. The van der Waals surface area contributed by atoms with Gasteiger partial charge in [0.1, 0.15) is 0 Å². The van der Waals surface area contributed by atoms with Crippen LogP contribution in [0.4, 0.5) is 5.69 Å². The van der Waals surface area contributed by atoms with E-state index in [1.54, 1.807) is 0 Å². The molecule has 0 amide bonds. The molecule has 4 heteroatoms. The van der Waals surface area contributed by atoms with E-state index in [4.69, 9.17) is 5.73 Å². The molecule has 18 heavy (non-hydrogen) atoms. The van der Waals surface area contributed by atoms with Crippen molar-refractivity contribution in [2.24, 2.45) is 5.73 Å². The lowest BCUT2D eigenvalue weighted by Crippen LogP contribution is -2.57. The van der Waals surface area contributed by atoms with Crippen LogP contribution in [0.5, 0.6) is 0 Å². The summed E-state index contributed by atoms with van der Waals surface area (Å²) in [5.74, 6) is 0. The first kappa shape index (κ1) is 13.3. The van der Waals surface area contributed by atoms with Gasteiger partial charge in [0.25, 0.3) is 0 Å². The Morgan fingerprint density at radius 3 is 2.72 bits per heavy atom. The quantitative estimate of drug-likeness (QED) is 0.859. The molecule has 1 aliphatic heterocycles. The molecule has 1 fully saturated rings. The predicted octanol–water partition coefficient (Wildman–Crippen LogP) is 1.38. The first-order valence-corrected chi connectivity index (χ1v) is 6.56. The van der Waals surface area contributed by atoms with Gasteiger partial charge in [-0.25, -0.2) is 0 Å². The van der Waals surface area contributed by atoms with E-state index in [2.05, 4.69) is 41.7 Å². The molecule has 0 radical (unpaired) electrons. The monoisotopic (exact) mass is 248 g/mol. The van der Waals surface area contributed by atoms with Crippen LogP contribution >= 0.6 is 0 Å². The number of piperazine rings is 1. The van der Waals surface area contributed by atoms with Gasteiger partial charge < -0.3 is 10.6 Å². The Morgan fingerprint density at radius 2 is 2.11 bits per heavy atom. The maximum absolute atomic E-state index is 5.83. The number of aromatic nitrogens is 1. The van der Waals surface area contributed by atoms with E-state index in [1.165, 1.54) is 5.69 Å². The molecule has 1 saturated heterocycles. The first-order valence-electron chi connectivity index (χ1n) is 6.56. The maximum Gasteiger partial charge on any atom is 0.0446 e. The molecule has 0 bridgehead atoms. The molecule has 0 atom stereocenters. The summed E-state index contributed by atoms with van der Waals surface area (Å²) in [7, 11) is 2.19. The molecule has 0 aromatic carbocycles. The van der Waals surface area contributed by atoms with Crippen molar-refractivity contribution in [2.45, 2.75) is 32.9 Å². The van der Waals surface area contributed by atoms with Gasteiger partial charge in [0.15, 0.2) is 0 Å². The van der Waals surface area contributed by atoms with Crippen LogP contribution in [-0.2, 0) is 6.54 Å². The van der Waals surface area contributed by atoms with Crippen LogP contribution in [0.3, 0.4) is 0 Å². The molecule has 0 spiro atoms. The van der Waals surface area contributed by atoms with Gasteiger partial charge in [-0.2, -0.15) is 0 Å². The second-order valence-corrected chi connectivity index (χ2v) is 5.81. The fraction of sp³-hybridized carbons (Fsp3) is 0.643. The number of aryl methyl sites for hydroxylation is 1. The summed E-state index contributed by atoms with van der Waals surface area (Å²) in [5.41, 5.74) is 9.47. The standard InChI is InChI=1S/C14H24N4/c1-11-7-13(12(8-15)9-16-11)18-6-5-17(4)14(2,3)10-18/h7,9H,5-6,8,10,15H2,1-4H3. The van der Waals surface area contributed by atoms with E-state index in [0.717, 1.165) is 30.9 Å². The highest BCUT2D eigenvalue weighted by Crippen LogP contribution is 2.27. The summed E-state index contributed by atoms with van der Waals surface area (Å²) in [5, 5.41) is 0. The van der Waals surface area contributed by atoms with Gasteiger partial charge in [-0.05, 0) is 33.9 Å². The smallest absolute Gasteiger partial charge is 0.0446 e. The van der Waals surface area contributed by atoms with Crippen molar-refractivity contribution < 1.29 is 0 Å². The summed E-state index contributed by atoms with van der Waals surface area (Å²) >= 11 is 0. The second-order valence-electron chi connectivity index (χ2n) is 5.81. The van der Waals surface area contributed by atoms with Crippen molar-refractivity contribution in [2.75, 3.05) is 31.6 Å². The van der Waals surface area contributed by atoms with Crippen LogP contribution in [0.25, 0.3) is 0 Å². The molecule has 4 nitrogen and oxygen atoms in total. The number of nitrogens with zero attached hydrogens (tertiary/aromatic N) is 3. The predicted molar refractivity (Wildman–Crippen MR) is 75.8 cm³/mol. The van der Waals surface area contributed by atoms with E-state index in [1.807, 2.05) is 13.1 Å². The lowest BCUT2D eigenvalue weighted by molar-refractivity contribution is 0.139. The summed E-state index contributed by atoms with van der Waals surface area (Å²) in [6.45, 7) is 10.3. The highest BCUT2D eigenvalue weighted by Gasteiger charge is 2.31. The Bertz CT molecular complexity index is 428. The zero-order valence-electron chi connectivity index (χ0n) is 11.9. The Kier molecular flexibility index (Phi) is 3.59. The normalized spacial score (nSPS) is 20.2. The van der Waals surface area contributed by atoms with Gasteiger partial charge >= 0.3 is 0 Å². The molecule has 1 aromatic heterocycles. The number of anilines is 1. The number of hydrogen-bond donors (Lipinski definition) is 1. The summed E-state index contributed by atoms with van der Waals surface area (Å²) in [4.78, 5) is 9.20. The lowest BCUT2D eigenvalue weighted by Gasteiger charge is -2.46. The SMILES string of the molecule is Cc1cc(N2CCN(C)C(C)(C)C2)c(CN)cn1. The van der Waals surface area contributed by atoms with Gasteiger partial charge in [0.05, 0.1) is 0 Å². The molecule has 0 saturated carbocycles. The maximum atomic E-state index is 5.83. The van der Waals surface area contributed by atoms with Crippen LogP contribution < -0.4 is 10.6 Å². The van der Waals surface area contributed by atoms with Gasteiger partial charge in [0.2, 0.25) is 0 Å². The molecule has 1 aliphatic rings. The molecular formula is C14H24N4. The number of pyridine rings is 1. The summed E-state index contributed by atoms with van der Waals surface area (Å²) in [6, 6.07) is 2.16. The van der Waals surface area contributed by atoms with E-state index in [-0.39, 0.29) is 5.54 Å². The van der Waals surface area contributed by atoms with Crippen molar-refractivity contribution in [3.63, 3.8) is 0 Å². The van der Waals surface area contributed by atoms with Gasteiger partial charge in [-0.3, -0.25) is 9.88 Å². The Labute approximate surface area is 110 Å². The average molecular weight is 248 g/mol. The Balaban J connectivity index is 2.29. The summed E-state index contributed by atoms with van der Waals surface area (Å²) < 4.78 is 0. The molecular weight excluding hydrogens is 224 g/mol. The zero-order valence-corrected chi connectivity index (χ0v) is 11.9. The number of nitrogens with two attached hydrogens (primary N) is 1. The minimum atomic E-state index is 0.196. The van der Waals surface area contributed by atoms with Crippen molar-refractivity contribution >= 4 is 5.69 Å². The van der Waals surface area contributed by atoms with Crippen LogP contribution in [0.15, 0.2) is 12.3 Å². The van der Waals surface area contributed by atoms with Crippen LogP contribution in [0, 0.1) is 6.92 Å². The molecule has 1 aromatic rings. The topological polar surface area (TPSA) is 45.4 Å². The van der Waals surface area contributed by atoms with Crippen molar-refractivity contribution in [3.8, 4) is 0 Å². The van der Waals surface area contributed by atoms with Crippen LogP contribution in [-0.4, -0.2) is 42.1 Å². The molecule has 2 heterocycles. The minimum Gasteiger partial charge on any atom is -0.368 e. The van der Waals surface area contributed by atoms with Crippen LogP contribution in [0.2, 0.25) is 0 Å². The molecule has 2 rings (SSSR count). The second kappa shape index (κ2) is 4.86. The Morgan fingerprint density at radius 1 is 1.39 bits per heavy atom. The Hall–Kier alpha value is -1.13. The highest BCUT2D eigenvalue weighted by atomic mass is 15.3. The number of likely N-dealkylation sites (N-methyl/N-ethyl adjacent to an activating group) is 1. The van der Waals surface area contributed by atoms with Gasteiger partial charge in [-0.1, -0.05) is 0 Å². The number of rotatable bonds is 2. The third-order valence-corrected chi connectivity index (χ3v) is 3.98. The van der Waals surface area contributed by atoms with Gasteiger partial charge in [0, 0.05) is 54.9 Å². The molecule has 0 unspecified atom stereocenters. The van der Waals surface area contributed by atoms with E-state index in [0.29, 0.717) is 6.54 Å². The van der Waals surface area contributed by atoms with Crippen molar-refractivity contribution in [1.29, 1.82) is 0 Å². The fourth-order valence-corrected chi connectivity index (χ4v) is 2.47. The minimum absolute atomic E-state index is 0.196. The van der Waals surface area contributed by atoms with E-state index < -0.39 is 0 Å². The molecule has 2 N–H and O–H groups in total. The van der Waals surface area contributed by atoms with E-state index in [9.17, 15) is 0 Å². The van der Waals surface area contributed by atoms with Crippen molar-refractivity contribution in [3.05, 3.63) is 23.5 Å². The lowest BCUT2D eigenvalue weighted by atomic mass is 9.98. The fourth-order valence-electron chi connectivity index (χ4n) is 2.47. The first-order chi connectivity index (χ1) is 8.44. The zero-order chi connectivity index (χ0) is 13.3. The largest absolute Gasteiger partial charge is 0.368 e. The third-order valence-electron chi connectivity index (χ3n) is 3.98. The molecule has 0 aliphatic carbocycles. The number of hydrogen-bond acceptors (Lipinski definition) is 4. The van der Waals surface area contributed by atoms with Crippen LogP contribution in [0.1, 0.15) is 25.1 Å². The van der Waals surface area contributed by atoms with Gasteiger partial charge in [-0.15, -0.1) is 0 Å². The average Bonchev–Trinajstić information content (AvgIpc) is 2.32. The van der Waals surface area contributed by atoms with E-state index >= 15 is 0 Å².